The second-order valence-electron chi connectivity index (χ2n) is 5.29. The fraction of sp³-hybridized carbons (Fsp3) is 0.455. The van der Waals surface area contributed by atoms with Crippen molar-refractivity contribution in [1.29, 1.82) is 0 Å². The zero-order valence-corrected chi connectivity index (χ0v) is 12.0. The van der Waals surface area contributed by atoms with Crippen LogP contribution in [0.15, 0.2) is 18.2 Å². The molecule has 0 aliphatic rings. The number of benzene rings is 1. The molecule has 1 aromatic rings. The van der Waals surface area contributed by atoms with E-state index in [1.807, 2.05) is 0 Å². The topological polar surface area (TPSA) is 26.0 Å². The molecule has 1 rings (SSSR count). The van der Waals surface area contributed by atoms with E-state index >= 15 is 0 Å². The lowest BCUT2D eigenvalue weighted by Crippen LogP contribution is -2.41. The Labute approximate surface area is 90.0 Å². The summed E-state index contributed by atoms with van der Waals surface area (Å²) in [7, 11) is -1.91. The van der Waals surface area contributed by atoms with Crippen molar-refractivity contribution in [2.75, 3.05) is 5.73 Å². The highest BCUT2D eigenvalue weighted by Crippen LogP contribution is 2.05. The molecule has 0 spiro atoms. The second-order valence-corrected chi connectivity index (χ2v) is 13.3. The Balaban J connectivity index is 3.21. The minimum atomic E-state index is -1.20. The third-order valence-corrected chi connectivity index (χ3v) is 6.20. The van der Waals surface area contributed by atoms with E-state index in [0.29, 0.717) is 0 Å². The monoisotopic (exact) mass is 223 g/mol. The van der Waals surface area contributed by atoms with Gasteiger partial charge in [-0.1, -0.05) is 49.2 Å². The summed E-state index contributed by atoms with van der Waals surface area (Å²) in [5, 5.41) is 3.00. The van der Waals surface area contributed by atoms with Crippen LogP contribution in [0.2, 0.25) is 32.7 Å². The summed E-state index contributed by atoms with van der Waals surface area (Å²) in [6.07, 6.45) is 0. The van der Waals surface area contributed by atoms with Crippen LogP contribution in [0.25, 0.3) is 0 Å². The highest BCUT2D eigenvalue weighted by molar-refractivity contribution is 6.89. The minimum Gasteiger partial charge on any atom is -0.399 e. The lowest BCUT2D eigenvalue weighted by molar-refractivity contribution is 1.68. The molecule has 78 valence electrons. The van der Waals surface area contributed by atoms with E-state index in [-0.39, 0.29) is 0 Å². The average Bonchev–Trinajstić information content (AvgIpc) is 2.01. The molecule has 0 saturated heterocycles. The minimum absolute atomic E-state index is 0.715. The van der Waals surface area contributed by atoms with Gasteiger partial charge in [-0.05, 0) is 12.1 Å². The third kappa shape index (κ3) is 2.72. The Morgan fingerprint density at radius 2 is 1.64 bits per heavy atom. The molecular weight excluding hydrogens is 202 g/mol. The largest absolute Gasteiger partial charge is 0.399 e. The van der Waals surface area contributed by atoms with E-state index in [9.17, 15) is 0 Å². The van der Waals surface area contributed by atoms with Crippen LogP contribution in [0.1, 0.15) is 0 Å². The van der Waals surface area contributed by atoms with Gasteiger partial charge in [-0.2, -0.15) is 0 Å². The summed E-state index contributed by atoms with van der Waals surface area (Å²) >= 11 is 0. The van der Waals surface area contributed by atoms with Gasteiger partial charge in [-0.25, -0.2) is 0 Å². The molecule has 3 heteroatoms. The third-order valence-electron chi connectivity index (χ3n) is 2.51. The predicted octanol–water partition coefficient (Wildman–Crippen LogP) is 1.51. The summed E-state index contributed by atoms with van der Waals surface area (Å²) < 4.78 is 0. The van der Waals surface area contributed by atoms with E-state index < -0.39 is 16.9 Å². The van der Waals surface area contributed by atoms with Crippen LogP contribution in [0.5, 0.6) is 0 Å². The van der Waals surface area contributed by atoms with Gasteiger partial charge in [0.15, 0.2) is 0 Å². The molecule has 0 aliphatic heterocycles. The smallest absolute Gasteiger partial charge is 0.0776 e. The molecule has 0 fully saturated rings. The van der Waals surface area contributed by atoms with Crippen LogP contribution in [-0.4, -0.2) is 16.9 Å². The first kappa shape index (κ1) is 11.5. The Kier molecular flexibility index (Phi) is 3.22. The van der Waals surface area contributed by atoms with E-state index in [2.05, 4.69) is 50.9 Å². The fourth-order valence-corrected chi connectivity index (χ4v) is 3.85. The number of nitrogen functional groups attached to an aromatic ring is 1. The van der Waals surface area contributed by atoms with Crippen LogP contribution < -0.4 is 16.1 Å². The predicted molar refractivity (Wildman–Crippen MR) is 72.3 cm³/mol. The molecule has 1 aromatic carbocycles. The van der Waals surface area contributed by atoms with Crippen molar-refractivity contribution in [2.45, 2.75) is 32.7 Å². The van der Waals surface area contributed by atoms with E-state index in [0.717, 1.165) is 5.69 Å². The Morgan fingerprint density at radius 1 is 1.07 bits per heavy atom. The van der Waals surface area contributed by atoms with Gasteiger partial charge in [0.1, 0.15) is 0 Å². The zero-order chi connectivity index (χ0) is 10.9. The Hall–Kier alpha value is -0.546. The molecule has 14 heavy (non-hydrogen) atoms. The maximum absolute atomic E-state index is 5.94. The van der Waals surface area contributed by atoms with E-state index in [1.54, 1.807) is 0 Å². The Bertz CT molecular complexity index is 327. The van der Waals surface area contributed by atoms with Crippen molar-refractivity contribution in [3.8, 4) is 0 Å². The lowest BCUT2D eigenvalue weighted by Gasteiger charge is -2.19. The van der Waals surface area contributed by atoms with Gasteiger partial charge in [0, 0.05) is 5.69 Å². The van der Waals surface area contributed by atoms with Crippen LogP contribution >= 0.6 is 0 Å². The summed E-state index contributed by atoms with van der Waals surface area (Å²) in [5.74, 6) is 0. The van der Waals surface area contributed by atoms with Crippen molar-refractivity contribution in [1.82, 2.24) is 0 Å². The molecular formula is C11H21NSi2. The maximum Gasteiger partial charge on any atom is 0.0776 e. The van der Waals surface area contributed by atoms with Crippen molar-refractivity contribution in [3.63, 3.8) is 0 Å². The first-order valence-electron chi connectivity index (χ1n) is 5.21. The maximum atomic E-state index is 5.94. The molecule has 0 aliphatic carbocycles. The summed E-state index contributed by atoms with van der Waals surface area (Å²) in [5.41, 5.74) is 6.88. The normalized spacial score (nSPS) is 12.1. The van der Waals surface area contributed by atoms with E-state index in [4.69, 9.17) is 5.73 Å². The summed E-state index contributed by atoms with van der Waals surface area (Å²) in [6.45, 7) is 11.8. The van der Waals surface area contributed by atoms with Crippen LogP contribution in [0, 0.1) is 0 Å². The molecule has 0 aromatic heterocycles. The van der Waals surface area contributed by atoms with Gasteiger partial charge in [0.2, 0.25) is 0 Å². The summed E-state index contributed by atoms with van der Waals surface area (Å²) in [6, 6.07) is 6.70. The zero-order valence-electron chi connectivity index (χ0n) is 9.89. The highest BCUT2D eigenvalue weighted by atomic mass is 28.3. The van der Waals surface area contributed by atoms with Crippen molar-refractivity contribution in [3.05, 3.63) is 18.2 Å². The fourth-order valence-electron chi connectivity index (χ4n) is 1.44. The number of rotatable bonds is 2. The quantitative estimate of drug-likeness (QED) is 0.597. The SMILES string of the molecule is C[SiH](C)c1cc(N)cc([Si](C)(C)C)c1. The van der Waals surface area contributed by atoms with Crippen LogP contribution in [0.4, 0.5) is 5.69 Å². The molecule has 2 N–H and O–H groups in total. The lowest BCUT2D eigenvalue weighted by atomic mass is 10.3. The molecule has 0 radical (unpaired) electrons. The van der Waals surface area contributed by atoms with Crippen molar-refractivity contribution >= 4 is 32.9 Å². The van der Waals surface area contributed by atoms with Gasteiger partial charge in [-0.15, -0.1) is 0 Å². The van der Waals surface area contributed by atoms with Crippen molar-refractivity contribution < 1.29 is 0 Å². The number of anilines is 1. The summed E-state index contributed by atoms with van der Waals surface area (Å²) in [4.78, 5) is 0. The van der Waals surface area contributed by atoms with Gasteiger partial charge < -0.3 is 5.73 Å². The van der Waals surface area contributed by atoms with Crippen LogP contribution in [-0.2, 0) is 0 Å². The van der Waals surface area contributed by atoms with Gasteiger partial charge in [-0.3, -0.25) is 0 Å². The van der Waals surface area contributed by atoms with Gasteiger partial charge in [0.25, 0.3) is 0 Å². The first-order valence-corrected chi connectivity index (χ1v) is 11.6. The number of nitrogens with two attached hydrogens (primary N) is 1. The van der Waals surface area contributed by atoms with Gasteiger partial charge >= 0.3 is 0 Å². The number of hydrogen-bond donors (Lipinski definition) is 1. The van der Waals surface area contributed by atoms with Gasteiger partial charge in [0.05, 0.1) is 16.9 Å². The standard InChI is InChI=1S/C11H21NSi2/c1-13(2)10-6-9(12)7-11(8-10)14(3,4)5/h6-8,13H,12H2,1-5H3. The molecule has 0 bridgehead atoms. The Morgan fingerprint density at radius 3 is 2.07 bits per heavy atom. The average molecular weight is 223 g/mol. The van der Waals surface area contributed by atoms with Crippen LogP contribution in [0.3, 0.4) is 0 Å². The second kappa shape index (κ2) is 3.91. The number of hydrogen-bond acceptors (Lipinski definition) is 1. The molecule has 0 heterocycles. The van der Waals surface area contributed by atoms with E-state index in [1.165, 1.54) is 10.4 Å². The first-order chi connectivity index (χ1) is 6.30. The molecule has 0 unspecified atom stereocenters. The van der Waals surface area contributed by atoms with Crippen molar-refractivity contribution in [2.24, 2.45) is 0 Å². The molecule has 0 amide bonds. The molecule has 1 nitrogen and oxygen atoms in total. The molecule has 0 atom stereocenters. The molecule has 0 saturated carbocycles. The highest BCUT2D eigenvalue weighted by Gasteiger charge is 2.17.